The number of benzene rings is 2. The highest BCUT2D eigenvalue weighted by Crippen LogP contribution is 2.24. The molecule has 3 rings (SSSR count). The minimum atomic E-state index is -0.554. The van der Waals surface area contributed by atoms with Gasteiger partial charge in [0.2, 0.25) is 5.91 Å². The Kier molecular flexibility index (Phi) is 5.95. The molecule has 1 unspecified atom stereocenters. The first-order chi connectivity index (χ1) is 13.4. The zero-order valence-electron chi connectivity index (χ0n) is 14.9. The summed E-state index contributed by atoms with van der Waals surface area (Å²) in [4.78, 5) is 34.5. The summed E-state index contributed by atoms with van der Waals surface area (Å²) in [6.45, 7) is 1.94. The second kappa shape index (κ2) is 8.57. The van der Waals surface area contributed by atoms with Gasteiger partial charge in [0.1, 0.15) is 0 Å². The van der Waals surface area contributed by atoms with Crippen LogP contribution < -0.4 is 5.32 Å². The summed E-state index contributed by atoms with van der Waals surface area (Å²) < 4.78 is 0. The molecular formula is C19H16N4O4S. The van der Waals surface area contributed by atoms with Gasteiger partial charge in [-0.2, -0.15) is 5.10 Å². The molecule has 1 fully saturated rings. The Bertz CT molecular complexity index is 968. The van der Waals surface area contributed by atoms with Crippen molar-refractivity contribution in [2.24, 2.45) is 10.2 Å². The van der Waals surface area contributed by atoms with Crippen molar-refractivity contribution >= 4 is 40.5 Å². The van der Waals surface area contributed by atoms with E-state index in [9.17, 15) is 19.7 Å². The van der Waals surface area contributed by atoms with Crippen molar-refractivity contribution in [3.8, 4) is 0 Å². The number of aryl methyl sites for hydroxylation is 1. The molecule has 2 aromatic rings. The summed E-state index contributed by atoms with van der Waals surface area (Å²) in [7, 11) is 0. The molecule has 0 aliphatic carbocycles. The van der Waals surface area contributed by atoms with Gasteiger partial charge >= 0.3 is 0 Å². The van der Waals surface area contributed by atoms with Crippen molar-refractivity contribution in [2.75, 3.05) is 0 Å². The van der Waals surface area contributed by atoms with Crippen molar-refractivity contribution in [3.63, 3.8) is 0 Å². The quantitative estimate of drug-likeness (QED) is 0.349. The van der Waals surface area contributed by atoms with E-state index in [-0.39, 0.29) is 23.8 Å². The number of ketones is 1. The molecule has 8 nitrogen and oxygen atoms in total. The van der Waals surface area contributed by atoms with Crippen molar-refractivity contribution in [1.82, 2.24) is 5.32 Å². The molecule has 1 aliphatic heterocycles. The number of non-ortho nitro benzene ring substituents is 1. The van der Waals surface area contributed by atoms with Gasteiger partial charge in [-0.05, 0) is 24.6 Å². The van der Waals surface area contributed by atoms with Gasteiger partial charge in [0, 0.05) is 24.1 Å². The van der Waals surface area contributed by atoms with Gasteiger partial charge in [0.05, 0.1) is 16.4 Å². The van der Waals surface area contributed by atoms with Crippen molar-refractivity contribution in [2.45, 2.75) is 18.6 Å². The molecule has 0 bridgehead atoms. The minimum absolute atomic E-state index is 0.0110. The number of nitrogens with one attached hydrogen (secondary N) is 1. The number of Topliss-reactive ketones (excluding diaryl/α,β-unsaturated/α-hetero) is 1. The van der Waals surface area contributed by atoms with E-state index < -0.39 is 10.2 Å². The van der Waals surface area contributed by atoms with E-state index in [1.807, 2.05) is 19.1 Å². The highest BCUT2D eigenvalue weighted by molar-refractivity contribution is 8.15. The number of rotatable bonds is 6. The normalized spacial score (nSPS) is 17.8. The Morgan fingerprint density at radius 1 is 1.21 bits per heavy atom. The van der Waals surface area contributed by atoms with Gasteiger partial charge in [0.15, 0.2) is 11.0 Å². The van der Waals surface area contributed by atoms with Crippen LogP contribution in [0.1, 0.15) is 27.9 Å². The number of nitro groups is 1. The van der Waals surface area contributed by atoms with E-state index in [0.29, 0.717) is 16.3 Å². The highest BCUT2D eigenvalue weighted by Gasteiger charge is 2.32. The molecular weight excluding hydrogens is 380 g/mol. The summed E-state index contributed by atoms with van der Waals surface area (Å²) in [5, 5.41) is 20.8. The monoisotopic (exact) mass is 396 g/mol. The van der Waals surface area contributed by atoms with E-state index >= 15 is 0 Å². The lowest BCUT2D eigenvalue weighted by atomic mass is 10.0. The molecule has 0 aromatic heterocycles. The van der Waals surface area contributed by atoms with Crippen LogP contribution in [0, 0.1) is 17.0 Å². The second-order valence-electron chi connectivity index (χ2n) is 6.09. The predicted octanol–water partition coefficient (Wildman–Crippen LogP) is 3.10. The number of carbonyl (C=O) groups is 2. The van der Waals surface area contributed by atoms with Crippen LogP contribution in [0.5, 0.6) is 0 Å². The first kappa shape index (κ1) is 19.4. The highest BCUT2D eigenvalue weighted by atomic mass is 32.2. The number of thioether (sulfide) groups is 1. The van der Waals surface area contributed by atoms with Crippen molar-refractivity contribution in [1.29, 1.82) is 0 Å². The molecule has 0 saturated carbocycles. The van der Waals surface area contributed by atoms with Gasteiger partial charge in [-0.3, -0.25) is 19.7 Å². The summed E-state index contributed by atoms with van der Waals surface area (Å²) in [5.74, 6) is -0.391. The minimum Gasteiger partial charge on any atom is -0.303 e. The molecule has 1 N–H and O–H groups in total. The number of hydrogen-bond acceptors (Lipinski definition) is 7. The molecule has 28 heavy (non-hydrogen) atoms. The molecule has 1 atom stereocenters. The third-order valence-corrected chi connectivity index (χ3v) is 5.05. The van der Waals surface area contributed by atoms with Crippen LogP contribution in [-0.2, 0) is 4.79 Å². The van der Waals surface area contributed by atoms with Crippen LogP contribution in [0.4, 0.5) is 5.69 Å². The molecule has 142 valence electrons. The lowest BCUT2D eigenvalue weighted by Crippen LogP contribution is -2.26. The third-order valence-electron chi connectivity index (χ3n) is 3.98. The Morgan fingerprint density at radius 2 is 1.89 bits per heavy atom. The van der Waals surface area contributed by atoms with Crippen LogP contribution >= 0.6 is 11.8 Å². The molecule has 9 heteroatoms. The van der Waals surface area contributed by atoms with E-state index in [1.165, 1.54) is 18.3 Å². The second-order valence-corrected chi connectivity index (χ2v) is 7.28. The Labute approximate surface area is 164 Å². The molecule has 1 aliphatic rings. The fourth-order valence-electron chi connectivity index (χ4n) is 2.44. The zero-order chi connectivity index (χ0) is 20.1. The zero-order valence-corrected chi connectivity index (χ0v) is 15.7. The molecule has 2 aromatic carbocycles. The summed E-state index contributed by atoms with van der Waals surface area (Å²) >= 11 is 1.15. The maximum atomic E-state index is 12.3. The number of amides is 1. The average molecular weight is 396 g/mol. The van der Waals surface area contributed by atoms with E-state index in [2.05, 4.69) is 15.5 Å². The lowest BCUT2D eigenvalue weighted by molar-refractivity contribution is -0.384. The third kappa shape index (κ3) is 4.89. The molecule has 1 saturated heterocycles. The fraction of sp³-hybridized carbons (Fsp3) is 0.158. The molecule has 0 radical (unpaired) electrons. The van der Waals surface area contributed by atoms with Crippen molar-refractivity contribution < 1.29 is 14.5 Å². The predicted molar refractivity (Wildman–Crippen MR) is 108 cm³/mol. The lowest BCUT2D eigenvalue weighted by Gasteiger charge is -2.04. The van der Waals surface area contributed by atoms with Gasteiger partial charge < -0.3 is 5.32 Å². The van der Waals surface area contributed by atoms with Crippen LogP contribution in [0.25, 0.3) is 0 Å². The van der Waals surface area contributed by atoms with Crippen LogP contribution in [0.15, 0.2) is 58.7 Å². The van der Waals surface area contributed by atoms with E-state index in [4.69, 9.17) is 0 Å². The average Bonchev–Trinajstić information content (AvgIpc) is 3.02. The Hall–Kier alpha value is -3.33. The van der Waals surface area contributed by atoms with Crippen LogP contribution in [0.3, 0.4) is 0 Å². The van der Waals surface area contributed by atoms with E-state index in [1.54, 1.807) is 24.3 Å². The number of nitro benzene ring substituents is 1. The first-order valence-corrected chi connectivity index (χ1v) is 9.23. The number of nitrogens with zero attached hydrogens (tertiary/aromatic N) is 3. The standard InChI is InChI=1S/C19H16N4O4S/c1-12-2-6-14(7-3-12)16(24)10-17-18(25)21-19(28-17)22-20-11-13-4-8-15(9-5-13)23(26)27/h2-9,11,17H,10H2,1H3,(H,21,22,25)/b20-11+. The Balaban J connectivity index is 1.59. The summed E-state index contributed by atoms with van der Waals surface area (Å²) in [6.07, 6.45) is 1.50. The molecule has 1 amide bonds. The van der Waals surface area contributed by atoms with Crippen LogP contribution in [0.2, 0.25) is 0 Å². The van der Waals surface area contributed by atoms with Crippen molar-refractivity contribution in [3.05, 3.63) is 75.3 Å². The SMILES string of the molecule is Cc1ccc(C(=O)CC2S/C(=N/N=C/c3ccc([N+](=O)[O-])cc3)NC2=O)cc1. The van der Waals surface area contributed by atoms with Gasteiger partial charge in [-0.15, -0.1) is 5.10 Å². The van der Waals surface area contributed by atoms with Gasteiger partial charge in [0.25, 0.3) is 5.69 Å². The van der Waals surface area contributed by atoms with E-state index in [0.717, 1.165) is 17.3 Å². The maximum Gasteiger partial charge on any atom is 0.269 e. The Morgan fingerprint density at radius 3 is 2.54 bits per heavy atom. The maximum absolute atomic E-state index is 12.3. The largest absolute Gasteiger partial charge is 0.303 e. The molecule has 0 spiro atoms. The van der Waals surface area contributed by atoms with Gasteiger partial charge in [-0.25, -0.2) is 0 Å². The first-order valence-electron chi connectivity index (χ1n) is 8.35. The number of hydrogen-bond donors (Lipinski definition) is 1. The fourth-order valence-corrected chi connectivity index (χ4v) is 3.37. The van der Waals surface area contributed by atoms with Gasteiger partial charge in [-0.1, -0.05) is 41.6 Å². The number of carbonyl (C=O) groups excluding carboxylic acids is 2. The smallest absolute Gasteiger partial charge is 0.269 e. The molecule has 1 heterocycles. The number of amidine groups is 1. The van der Waals surface area contributed by atoms with Crippen LogP contribution in [-0.4, -0.2) is 33.2 Å². The summed E-state index contributed by atoms with van der Waals surface area (Å²) in [5.41, 5.74) is 2.25. The topological polar surface area (TPSA) is 114 Å². The summed E-state index contributed by atoms with van der Waals surface area (Å²) in [6, 6.07) is 13.0.